The summed E-state index contributed by atoms with van der Waals surface area (Å²) >= 11 is 6.13. The molecule has 0 spiro atoms. The fourth-order valence-corrected chi connectivity index (χ4v) is 2.00. The predicted octanol–water partition coefficient (Wildman–Crippen LogP) is 2.53. The summed E-state index contributed by atoms with van der Waals surface area (Å²) in [6.45, 7) is 3.48. The summed E-state index contributed by atoms with van der Waals surface area (Å²) in [7, 11) is 1.60. The lowest BCUT2D eigenvalue weighted by Gasteiger charge is -2.09. The second-order valence-electron chi connectivity index (χ2n) is 4.33. The Kier molecular flexibility index (Phi) is 4.63. The number of benzene rings is 1. The van der Waals surface area contributed by atoms with Crippen LogP contribution in [0.4, 0.5) is 5.69 Å². The van der Waals surface area contributed by atoms with Gasteiger partial charge in [0.05, 0.1) is 16.9 Å². The lowest BCUT2D eigenvalue weighted by Crippen LogP contribution is -2.17. The van der Waals surface area contributed by atoms with E-state index >= 15 is 0 Å². The van der Waals surface area contributed by atoms with Crippen LogP contribution in [-0.2, 0) is 13.1 Å². The predicted molar refractivity (Wildman–Crippen MR) is 80.1 cm³/mol. The fourth-order valence-electron chi connectivity index (χ4n) is 1.81. The number of anilines is 1. The first-order chi connectivity index (χ1) is 9.63. The van der Waals surface area contributed by atoms with Crippen molar-refractivity contribution in [3.05, 3.63) is 46.7 Å². The quantitative estimate of drug-likeness (QED) is 0.890. The van der Waals surface area contributed by atoms with Gasteiger partial charge < -0.3 is 10.6 Å². The number of aryl methyl sites for hydroxylation is 1. The van der Waals surface area contributed by atoms with Crippen LogP contribution in [0.1, 0.15) is 22.8 Å². The van der Waals surface area contributed by atoms with Gasteiger partial charge in [-0.25, -0.2) is 0 Å². The Labute approximate surface area is 122 Å². The summed E-state index contributed by atoms with van der Waals surface area (Å²) in [5.74, 6) is -0.136. The Morgan fingerprint density at radius 3 is 2.90 bits per heavy atom. The molecule has 0 atom stereocenters. The van der Waals surface area contributed by atoms with Crippen LogP contribution in [0.15, 0.2) is 30.6 Å². The van der Waals surface area contributed by atoms with Crippen LogP contribution in [0.3, 0.4) is 0 Å². The molecule has 0 aliphatic heterocycles. The van der Waals surface area contributed by atoms with E-state index in [1.807, 2.05) is 24.0 Å². The maximum Gasteiger partial charge on any atom is 0.251 e. The van der Waals surface area contributed by atoms with Gasteiger partial charge in [-0.05, 0) is 25.1 Å². The number of carbonyl (C=O) groups excluding carboxylic acids is 1. The molecule has 1 heterocycles. The highest BCUT2D eigenvalue weighted by Crippen LogP contribution is 2.23. The molecule has 1 amide bonds. The Bertz CT molecular complexity index is 609. The zero-order chi connectivity index (χ0) is 14.5. The van der Waals surface area contributed by atoms with Crippen molar-refractivity contribution < 1.29 is 4.79 Å². The molecule has 6 heteroatoms. The highest BCUT2D eigenvalue weighted by Gasteiger charge is 2.07. The minimum Gasteiger partial charge on any atom is -0.380 e. The SMILES string of the molecule is CCn1cc(CNc2cc(C(=O)NC)ccc2Cl)cn1. The molecule has 0 aliphatic carbocycles. The van der Waals surface area contributed by atoms with Crippen molar-refractivity contribution in [2.45, 2.75) is 20.0 Å². The standard InChI is InChI=1S/C14H17ClN4O/c1-3-19-9-10(8-18-19)7-17-13-6-11(14(20)16-2)4-5-12(13)15/h4-6,8-9,17H,3,7H2,1-2H3,(H,16,20). The number of nitrogens with zero attached hydrogens (tertiary/aromatic N) is 2. The van der Waals surface area contributed by atoms with Gasteiger partial charge in [0, 0.05) is 37.5 Å². The molecule has 20 heavy (non-hydrogen) atoms. The third kappa shape index (κ3) is 3.30. The third-order valence-electron chi connectivity index (χ3n) is 2.95. The summed E-state index contributed by atoms with van der Waals surface area (Å²) in [6, 6.07) is 5.15. The molecule has 0 aliphatic rings. The largest absolute Gasteiger partial charge is 0.380 e. The van der Waals surface area contributed by atoms with Crippen LogP contribution in [0, 0.1) is 0 Å². The second kappa shape index (κ2) is 6.43. The number of aromatic nitrogens is 2. The van der Waals surface area contributed by atoms with Crippen molar-refractivity contribution in [3.8, 4) is 0 Å². The summed E-state index contributed by atoms with van der Waals surface area (Å²) in [6.07, 6.45) is 3.79. The summed E-state index contributed by atoms with van der Waals surface area (Å²) in [4.78, 5) is 11.6. The van der Waals surface area contributed by atoms with Crippen molar-refractivity contribution >= 4 is 23.2 Å². The minimum absolute atomic E-state index is 0.136. The van der Waals surface area contributed by atoms with Gasteiger partial charge in [0.15, 0.2) is 0 Å². The molecule has 0 saturated carbocycles. The van der Waals surface area contributed by atoms with Crippen molar-refractivity contribution in [1.29, 1.82) is 0 Å². The van der Waals surface area contributed by atoms with Crippen molar-refractivity contribution in [2.24, 2.45) is 0 Å². The smallest absolute Gasteiger partial charge is 0.251 e. The number of rotatable bonds is 5. The summed E-state index contributed by atoms with van der Waals surface area (Å²) < 4.78 is 1.86. The van der Waals surface area contributed by atoms with Gasteiger partial charge in [-0.3, -0.25) is 9.48 Å². The maximum atomic E-state index is 11.6. The van der Waals surface area contributed by atoms with Gasteiger partial charge in [-0.1, -0.05) is 11.6 Å². The molecule has 0 fully saturated rings. The third-order valence-corrected chi connectivity index (χ3v) is 3.28. The van der Waals surface area contributed by atoms with E-state index < -0.39 is 0 Å². The number of halogens is 1. The van der Waals surface area contributed by atoms with E-state index in [4.69, 9.17) is 11.6 Å². The summed E-state index contributed by atoms with van der Waals surface area (Å²) in [5, 5.41) is 10.6. The summed E-state index contributed by atoms with van der Waals surface area (Å²) in [5.41, 5.74) is 2.37. The minimum atomic E-state index is -0.136. The normalized spacial score (nSPS) is 10.3. The first kappa shape index (κ1) is 14.4. The van der Waals surface area contributed by atoms with Crippen LogP contribution in [-0.4, -0.2) is 22.7 Å². The molecule has 0 unspecified atom stereocenters. The zero-order valence-corrected chi connectivity index (χ0v) is 12.2. The Morgan fingerprint density at radius 1 is 1.45 bits per heavy atom. The second-order valence-corrected chi connectivity index (χ2v) is 4.74. The molecule has 0 saturated heterocycles. The lowest BCUT2D eigenvalue weighted by atomic mass is 10.2. The van der Waals surface area contributed by atoms with Crippen molar-refractivity contribution in [1.82, 2.24) is 15.1 Å². The van der Waals surface area contributed by atoms with E-state index in [2.05, 4.69) is 15.7 Å². The van der Waals surface area contributed by atoms with Gasteiger partial charge in [0.25, 0.3) is 5.91 Å². The number of carbonyl (C=O) groups is 1. The monoisotopic (exact) mass is 292 g/mol. The molecule has 5 nitrogen and oxygen atoms in total. The van der Waals surface area contributed by atoms with Gasteiger partial charge >= 0.3 is 0 Å². The van der Waals surface area contributed by atoms with E-state index in [1.54, 1.807) is 25.2 Å². The van der Waals surface area contributed by atoms with E-state index in [-0.39, 0.29) is 5.91 Å². The van der Waals surface area contributed by atoms with Gasteiger partial charge in [0.1, 0.15) is 0 Å². The van der Waals surface area contributed by atoms with Crippen LogP contribution >= 0.6 is 11.6 Å². The van der Waals surface area contributed by atoms with Crippen molar-refractivity contribution in [3.63, 3.8) is 0 Å². The molecule has 1 aromatic carbocycles. The average Bonchev–Trinajstić information content (AvgIpc) is 2.93. The molecule has 0 bridgehead atoms. The maximum absolute atomic E-state index is 11.6. The van der Waals surface area contributed by atoms with Crippen LogP contribution < -0.4 is 10.6 Å². The number of amides is 1. The van der Waals surface area contributed by atoms with Crippen molar-refractivity contribution in [2.75, 3.05) is 12.4 Å². The van der Waals surface area contributed by atoms with E-state index in [0.29, 0.717) is 17.1 Å². The molecule has 2 aromatic rings. The Morgan fingerprint density at radius 2 is 2.25 bits per heavy atom. The van der Waals surface area contributed by atoms with Gasteiger partial charge in [-0.15, -0.1) is 0 Å². The molecule has 1 aromatic heterocycles. The highest BCUT2D eigenvalue weighted by molar-refractivity contribution is 6.33. The molecule has 106 valence electrons. The number of hydrogen-bond donors (Lipinski definition) is 2. The molecular weight excluding hydrogens is 276 g/mol. The van der Waals surface area contributed by atoms with Gasteiger partial charge in [0.2, 0.25) is 0 Å². The Hall–Kier alpha value is -2.01. The fraction of sp³-hybridized carbons (Fsp3) is 0.286. The highest BCUT2D eigenvalue weighted by atomic mass is 35.5. The van der Waals surface area contributed by atoms with Crippen LogP contribution in [0.2, 0.25) is 5.02 Å². The van der Waals surface area contributed by atoms with Crippen LogP contribution in [0.5, 0.6) is 0 Å². The molecule has 2 rings (SSSR count). The molecular formula is C14H17ClN4O. The lowest BCUT2D eigenvalue weighted by molar-refractivity contribution is 0.0963. The van der Waals surface area contributed by atoms with E-state index in [1.165, 1.54) is 0 Å². The van der Waals surface area contributed by atoms with Gasteiger partial charge in [-0.2, -0.15) is 5.10 Å². The Balaban J connectivity index is 2.10. The van der Waals surface area contributed by atoms with Crippen LogP contribution in [0.25, 0.3) is 0 Å². The average molecular weight is 293 g/mol. The number of hydrogen-bond acceptors (Lipinski definition) is 3. The molecule has 2 N–H and O–H groups in total. The van der Waals surface area contributed by atoms with E-state index in [0.717, 1.165) is 17.8 Å². The first-order valence-corrected chi connectivity index (χ1v) is 6.78. The molecule has 0 radical (unpaired) electrons. The topological polar surface area (TPSA) is 59.0 Å². The zero-order valence-electron chi connectivity index (χ0n) is 11.5. The number of nitrogens with one attached hydrogen (secondary N) is 2. The first-order valence-electron chi connectivity index (χ1n) is 6.41. The van der Waals surface area contributed by atoms with E-state index in [9.17, 15) is 4.79 Å².